The van der Waals surface area contributed by atoms with Crippen molar-refractivity contribution in [2.24, 2.45) is 0 Å². The summed E-state index contributed by atoms with van der Waals surface area (Å²) in [5.41, 5.74) is 0.807. The van der Waals surface area contributed by atoms with Crippen LogP contribution in [0.4, 0.5) is 0 Å². The van der Waals surface area contributed by atoms with E-state index in [1.165, 1.54) is 18.1 Å². The van der Waals surface area contributed by atoms with E-state index in [0.29, 0.717) is 16.9 Å². The van der Waals surface area contributed by atoms with Gasteiger partial charge in [-0.2, -0.15) is 0 Å². The number of carbonyl (C=O) groups is 1. The number of halogens is 2. The van der Waals surface area contributed by atoms with Crippen molar-refractivity contribution in [1.29, 1.82) is 0 Å². The first-order chi connectivity index (χ1) is 8.58. The van der Waals surface area contributed by atoms with E-state index >= 15 is 0 Å². The average Bonchev–Trinajstić information content (AvgIpc) is 2.75. The minimum atomic E-state index is -0.584. The fourth-order valence-corrected chi connectivity index (χ4v) is 1.85. The normalized spacial score (nSPS) is 10.4. The topological polar surface area (TPSA) is 69.9 Å². The first-order valence-electron chi connectivity index (χ1n) is 4.88. The summed E-state index contributed by atoms with van der Waals surface area (Å²) in [4.78, 5) is 18.8. The predicted octanol–water partition coefficient (Wildman–Crippen LogP) is 1.81. The molecule has 2 heterocycles. The second kappa shape index (κ2) is 5.32. The standard InChI is InChI=1S/C10H8Cl2N4O2/c1-18-10(17)9-13-5-16(15-9)4-6-2-7(11)14-8(12)3-6/h2-3,5H,4H2,1H3. The zero-order valence-electron chi connectivity index (χ0n) is 9.30. The van der Waals surface area contributed by atoms with Gasteiger partial charge in [-0.3, -0.25) is 0 Å². The van der Waals surface area contributed by atoms with Gasteiger partial charge >= 0.3 is 5.97 Å². The molecular weight excluding hydrogens is 279 g/mol. The van der Waals surface area contributed by atoms with Gasteiger partial charge in [0.1, 0.15) is 16.6 Å². The number of pyridine rings is 1. The smallest absolute Gasteiger partial charge is 0.377 e. The molecular formula is C10H8Cl2N4O2. The molecule has 0 radical (unpaired) electrons. The van der Waals surface area contributed by atoms with Crippen LogP contribution in [0, 0.1) is 0 Å². The summed E-state index contributed by atoms with van der Waals surface area (Å²) in [6, 6.07) is 3.32. The number of rotatable bonds is 3. The van der Waals surface area contributed by atoms with Gasteiger partial charge in [0.15, 0.2) is 0 Å². The Balaban J connectivity index is 2.18. The molecule has 94 valence electrons. The molecule has 2 aromatic rings. The first kappa shape index (κ1) is 12.8. The van der Waals surface area contributed by atoms with Crippen molar-refractivity contribution in [2.45, 2.75) is 6.54 Å². The molecule has 8 heteroatoms. The van der Waals surface area contributed by atoms with Crippen LogP contribution < -0.4 is 0 Å². The van der Waals surface area contributed by atoms with Crippen LogP contribution >= 0.6 is 23.2 Å². The third-order valence-corrected chi connectivity index (χ3v) is 2.46. The van der Waals surface area contributed by atoms with Gasteiger partial charge in [0.05, 0.1) is 13.7 Å². The van der Waals surface area contributed by atoms with Gasteiger partial charge in [0.2, 0.25) is 0 Å². The number of esters is 1. The Kier molecular flexibility index (Phi) is 3.78. The number of methoxy groups -OCH3 is 1. The number of hydrogen-bond donors (Lipinski definition) is 0. The molecule has 2 aromatic heterocycles. The second-order valence-corrected chi connectivity index (χ2v) is 4.15. The van der Waals surface area contributed by atoms with Crippen molar-refractivity contribution < 1.29 is 9.53 Å². The van der Waals surface area contributed by atoms with Crippen molar-refractivity contribution in [3.8, 4) is 0 Å². The third kappa shape index (κ3) is 2.96. The van der Waals surface area contributed by atoms with Crippen LogP contribution in [-0.4, -0.2) is 32.8 Å². The molecule has 0 spiro atoms. The Morgan fingerprint density at radius 1 is 1.39 bits per heavy atom. The molecule has 6 nitrogen and oxygen atoms in total. The largest absolute Gasteiger partial charge is 0.463 e. The molecule has 0 aliphatic rings. The maximum Gasteiger partial charge on any atom is 0.377 e. The van der Waals surface area contributed by atoms with Gasteiger partial charge < -0.3 is 4.74 Å². The lowest BCUT2D eigenvalue weighted by molar-refractivity contribution is 0.0586. The van der Waals surface area contributed by atoms with Crippen molar-refractivity contribution in [2.75, 3.05) is 7.11 Å². The molecule has 0 aliphatic heterocycles. The van der Waals surface area contributed by atoms with Crippen LogP contribution in [0.5, 0.6) is 0 Å². The van der Waals surface area contributed by atoms with E-state index in [1.54, 1.807) is 12.1 Å². The number of aromatic nitrogens is 4. The van der Waals surface area contributed by atoms with Crippen LogP contribution in [0.3, 0.4) is 0 Å². The molecule has 0 unspecified atom stereocenters. The highest BCUT2D eigenvalue weighted by molar-refractivity contribution is 6.32. The van der Waals surface area contributed by atoms with Gasteiger partial charge in [0.25, 0.3) is 5.82 Å². The summed E-state index contributed by atoms with van der Waals surface area (Å²) in [5, 5.41) is 4.55. The highest BCUT2D eigenvalue weighted by atomic mass is 35.5. The highest BCUT2D eigenvalue weighted by Crippen LogP contribution is 2.15. The summed E-state index contributed by atoms with van der Waals surface area (Å²) in [5.74, 6) is -0.580. The summed E-state index contributed by atoms with van der Waals surface area (Å²) in [6.45, 7) is 0.381. The molecule has 0 aromatic carbocycles. The van der Waals surface area contributed by atoms with Crippen molar-refractivity contribution >= 4 is 29.2 Å². The Morgan fingerprint density at radius 2 is 2.06 bits per heavy atom. The summed E-state index contributed by atoms with van der Waals surface area (Å²) >= 11 is 11.6. The van der Waals surface area contributed by atoms with E-state index in [4.69, 9.17) is 23.2 Å². The van der Waals surface area contributed by atoms with E-state index in [9.17, 15) is 4.79 Å². The predicted molar refractivity (Wildman–Crippen MR) is 64.7 cm³/mol. The molecule has 18 heavy (non-hydrogen) atoms. The number of carbonyl (C=O) groups excluding carboxylic acids is 1. The van der Waals surface area contributed by atoms with Gasteiger partial charge in [-0.1, -0.05) is 23.2 Å². The SMILES string of the molecule is COC(=O)c1ncn(Cc2cc(Cl)nc(Cl)c2)n1. The lowest BCUT2D eigenvalue weighted by Crippen LogP contribution is -2.06. The van der Waals surface area contributed by atoms with Gasteiger partial charge in [-0.25, -0.2) is 19.4 Å². The minimum absolute atomic E-state index is 0.00347. The van der Waals surface area contributed by atoms with Gasteiger partial charge in [0, 0.05) is 0 Å². The molecule has 0 saturated heterocycles. The van der Waals surface area contributed by atoms with Gasteiger partial charge in [-0.05, 0) is 17.7 Å². The summed E-state index contributed by atoms with van der Waals surface area (Å²) in [6.07, 6.45) is 1.43. The van der Waals surface area contributed by atoms with Crippen LogP contribution in [0.25, 0.3) is 0 Å². The highest BCUT2D eigenvalue weighted by Gasteiger charge is 2.11. The molecule has 0 aliphatic carbocycles. The molecule has 0 saturated carbocycles. The Morgan fingerprint density at radius 3 is 2.67 bits per heavy atom. The molecule has 0 atom stereocenters. The number of ether oxygens (including phenoxy) is 1. The van der Waals surface area contributed by atoms with Crippen molar-refractivity contribution in [1.82, 2.24) is 19.7 Å². The Hall–Kier alpha value is -1.66. The number of nitrogens with zero attached hydrogens (tertiary/aromatic N) is 4. The van der Waals surface area contributed by atoms with Crippen LogP contribution in [0.1, 0.15) is 16.2 Å². The summed E-state index contributed by atoms with van der Waals surface area (Å²) < 4.78 is 5.99. The monoisotopic (exact) mass is 286 g/mol. The van der Waals surface area contributed by atoms with Crippen LogP contribution in [-0.2, 0) is 11.3 Å². The average molecular weight is 287 g/mol. The molecule has 0 bridgehead atoms. The van der Waals surface area contributed by atoms with Crippen LogP contribution in [0.2, 0.25) is 10.3 Å². The molecule has 2 rings (SSSR count). The van der Waals surface area contributed by atoms with E-state index in [1.807, 2.05) is 0 Å². The maximum absolute atomic E-state index is 11.2. The molecule has 0 amide bonds. The molecule has 0 N–H and O–H groups in total. The minimum Gasteiger partial charge on any atom is -0.463 e. The summed E-state index contributed by atoms with van der Waals surface area (Å²) in [7, 11) is 1.27. The lowest BCUT2D eigenvalue weighted by atomic mass is 10.3. The third-order valence-electron chi connectivity index (χ3n) is 2.07. The van der Waals surface area contributed by atoms with Gasteiger partial charge in [-0.15, -0.1) is 5.10 Å². The fraction of sp³-hybridized carbons (Fsp3) is 0.200. The first-order valence-corrected chi connectivity index (χ1v) is 5.64. The second-order valence-electron chi connectivity index (χ2n) is 3.38. The lowest BCUT2D eigenvalue weighted by Gasteiger charge is -2.02. The Labute approximate surface area is 113 Å². The van der Waals surface area contributed by atoms with E-state index in [2.05, 4.69) is 19.8 Å². The van der Waals surface area contributed by atoms with Crippen molar-refractivity contribution in [3.63, 3.8) is 0 Å². The van der Waals surface area contributed by atoms with E-state index in [-0.39, 0.29) is 5.82 Å². The van der Waals surface area contributed by atoms with E-state index < -0.39 is 5.97 Å². The Bertz CT molecular complexity index is 565. The van der Waals surface area contributed by atoms with Crippen molar-refractivity contribution in [3.05, 3.63) is 40.2 Å². The maximum atomic E-state index is 11.2. The number of hydrogen-bond acceptors (Lipinski definition) is 5. The quantitative estimate of drug-likeness (QED) is 0.636. The zero-order chi connectivity index (χ0) is 13.1. The van der Waals surface area contributed by atoms with Crippen LogP contribution in [0.15, 0.2) is 18.5 Å². The fourth-order valence-electron chi connectivity index (χ4n) is 1.35. The van der Waals surface area contributed by atoms with E-state index in [0.717, 1.165) is 5.56 Å². The zero-order valence-corrected chi connectivity index (χ0v) is 10.8. The molecule has 0 fully saturated rings.